The van der Waals surface area contributed by atoms with Gasteiger partial charge in [-0.05, 0) is 69.8 Å². The molecule has 0 radical (unpaired) electrons. The number of aryl methyl sites for hydroxylation is 2. The van der Waals surface area contributed by atoms with Crippen LogP contribution in [0.25, 0.3) is 0 Å². The molecule has 2 N–H and O–H groups in total. The summed E-state index contributed by atoms with van der Waals surface area (Å²) in [4.78, 5) is 0. The first-order valence-corrected chi connectivity index (χ1v) is 7.35. The third kappa shape index (κ3) is 5.19. The quantitative estimate of drug-likeness (QED) is 0.655. The number of nitrogens with one attached hydrogen (secondary N) is 2. The van der Waals surface area contributed by atoms with Crippen molar-refractivity contribution in [3.63, 3.8) is 0 Å². The third-order valence-corrected chi connectivity index (χ3v) is 3.60. The molecule has 1 saturated carbocycles. The largest absolute Gasteiger partial charge is 0.317 e. The first-order chi connectivity index (χ1) is 8.86. The molecule has 18 heavy (non-hydrogen) atoms. The molecule has 0 saturated heterocycles. The van der Waals surface area contributed by atoms with Gasteiger partial charge in [-0.1, -0.05) is 24.3 Å². The summed E-state index contributed by atoms with van der Waals surface area (Å²) in [6, 6.07) is 9.55. The smallest absolute Gasteiger partial charge is 0.00682 e. The van der Waals surface area contributed by atoms with Crippen molar-refractivity contribution in [1.82, 2.24) is 10.6 Å². The van der Waals surface area contributed by atoms with E-state index in [1.807, 2.05) is 0 Å². The second kappa shape index (κ2) is 7.55. The minimum Gasteiger partial charge on any atom is -0.317 e. The van der Waals surface area contributed by atoms with E-state index in [9.17, 15) is 0 Å². The van der Waals surface area contributed by atoms with Crippen molar-refractivity contribution in [1.29, 1.82) is 0 Å². The van der Waals surface area contributed by atoms with Crippen LogP contribution in [-0.2, 0) is 6.42 Å². The molecular weight excluding hydrogens is 220 g/mol. The first kappa shape index (κ1) is 13.6. The van der Waals surface area contributed by atoms with E-state index in [0.29, 0.717) is 0 Å². The zero-order valence-electron chi connectivity index (χ0n) is 11.5. The van der Waals surface area contributed by atoms with Gasteiger partial charge in [-0.15, -0.1) is 0 Å². The minimum atomic E-state index is 0.853. The van der Waals surface area contributed by atoms with Crippen LogP contribution in [0, 0.1) is 6.92 Å². The Bertz CT molecular complexity index is 345. The number of rotatable bonds is 9. The number of benzene rings is 1. The van der Waals surface area contributed by atoms with Crippen LogP contribution in [0.1, 0.15) is 36.8 Å². The van der Waals surface area contributed by atoms with Crippen molar-refractivity contribution in [3.05, 3.63) is 35.4 Å². The van der Waals surface area contributed by atoms with E-state index in [1.54, 1.807) is 0 Å². The lowest BCUT2D eigenvalue weighted by molar-refractivity contribution is 0.582. The molecule has 0 bridgehead atoms. The lowest BCUT2D eigenvalue weighted by Crippen LogP contribution is -2.24. The highest BCUT2D eigenvalue weighted by molar-refractivity contribution is 5.25. The molecule has 1 aromatic carbocycles. The fourth-order valence-corrected chi connectivity index (χ4v) is 2.23. The molecular formula is C16H26N2. The van der Waals surface area contributed by atoms with Gasteiger partial charge in [0.1, 0.15) is 0 Å². The van der Waals surface area contributed by atoms with Gasteiger partial charge in [0.25, 0.3) is 0 Å². The summed E-state index contributed by atoms with van der Waals surface area (Å²) in [5.74, 6) is 0. The predicted molar refractivity (Wildman–Crippen MR) is 78.0 cm³/mol. The fraction of sp³-hybridized carbons (Fsp3) is 0.625. The third-order valence-electron chi connectivity index (χ3n) is 3.60. The van der Waals surface area contributed by atoms with Gasteiger partial charge >= 0.3 is 0 Å². The van der Waals surface area contributed by atoms with E-state index < -0.39 is 0 Å². The van der Waals surface area contributed by atoms with Crippen LogP contribution < -0.4 is 10.6 Å². The molecule has 100 valence electrons. The maximum atomic E-state index is 3.54. The van der Waals surface area contributed by atoms with Crippen LogP contribution >= 0.6 is 0 Å². The average molecular weight is 246 g/mol. The summed E-state index contributed by atoms with van der Waals surface area (Å²) in [7, 11) is 0. The molecule has 0 aromatic heterocycles. The van der Waals surface area contributed by atoms with Crippen molar-refractivity contribution in [3.8, 4) is 0 Å². The van der Waals surface area contributed by atoms with Crippen LogP contribution in [0.4, 0.5) is 0 Å². The molecule has 1 aliphatic carbocycles. The topological polar surface area (TPSA) is 24.1 Å². The molecule has 0 atom stereocenters. The molecule has 2 nitrogen and oxygen atoms in total. The Morgan fingerprint density at radius 3 is 2.61 bits per heavy atom. The summed E-state index contributed by atoms with van der Waals surface area (Å²) in [5, 5.41) is 7.07. The first-order valence-electron chi connectivity index (χ1n) is 7.35. The van der Waals surface area contributed by atoms with E-state index in [2.05, 4.69) is 41.8 Å². The lowest BCUT2D eigenvalue weighted by atomic mass is 10.0. The van der Waals surface area contributed by atoms with E-state index in [-0.39, 0.29) is 0 Å². The number of hydrogen-bond acceptors (Lipinski definition) is 2. The number of hydrogen-bond donors (Lipinski definition) is 2. The Morgan fingerprint density at radius 2 is 1.83 bits per heavy atom. The Balaban J connectivity index is 1.44. The molecule has 1 aromatic rings. The molecule has 0 unspecified atom stereocenters. The zero-order chi connectivity index (χ0) is 12.6. The second-order valence-corrected chi connectivity index (χ2v) is 5.36. The van der Waals surface area contributed by atoms with Crippen molar-refractivity contribution in [2.75, 3.05) is 19.6 Å². The molecule has 1 fully saturated rings. The fourth-order valence-electron chi connectivity index (χ4n) is 2.23. The second-order valence-electron chi connectivity index (χ2n) is 5.36. The van der Waals surface area contributed by atoms with Gasteiger partial charge in [-0.2, -0.15) is 0 Å². The molecule has 0 spiro atoms. The molecule has 0 amide bonds. The van der Waals surface area contributed by atoms with Gasteiger partial charge in [0.05, 0.1) is 0 Å². The maximum Gasteiger partial charge on any atom is 0.00682 e. The Kier molecular flexibility index (Phi) is 5.69. The predicted octanol–water partition coefficient (Wildman–Crippen LogP) is 2.66. The Morgan fingerprint density at radius 1 is 1.06 bits per heavy atom. The van der Waals surface area contributed by atoms with Gasteiger partial charge in [0, 0.05) is 6.04 Å². The SMILES string of the molecule is Cc1ccccc1CCCNCCCNC1CC1. The van der Waals surface area contributed by atoms with Crippen molar-refractivity contribution in [2.45, 2.75) is 45.1 Å². The highest BCUT2D eigenvalue weighted by atomic mass is 14.9. The van der Waals surface area contributed by atoms with E-state index in [0.717, 1.165) is 19.1 Å². The Labute approximate surface area is 111 Å². The minimum absolute atomic E-state index is 0.853. The molecule has 2 rings (SSSR count). The summed E-state index contributed by atoms with van der Waals surface area (Å²) >= 11 is 0. The monoisotopic (exact) mass is 246 g/mol. The lowest BCUT2D eigenvalue weighted by Gasteiger charge is -2.07. The van der Waals surface area contributed by atoms with Crippen LogP contribution in [0.15, 0.2) is 24.3 Å². The van der Waals surface area contributed by atoms with Crippen LogP contribution in [0.2, 0.25) is 0 Å². The van der Waals surface area contributed by atoms with Crippen molar-refractivity contribution >= 4 is 0 Å². The Hall–Kier alpha value is -0.860. The van der Waals surface area contributed by atoms with Crippen molar-refractivity contribution in [2.24, 2.45) is 0 Å². The van der Waals surface area contributed by atoms with Crippen molar-refractivity contribution < 1.29 is 0 Å². The van der Waals surface area contributed by atoms with Gasteiger partial charge in [-0.3, -0.25) is 0 Å². The zero-order valence-corrected chi connectivity index (χ0v) is 11.5. The summed E-state index contributed by atoms with van der Waals surface area (Å²) in [6.07, 6.45) is 6.47. The average Bonchev–Trinajstić information content (AvgIpc) is 3.19. The standard InChI is InChI=1S/C16H26N2/c1-14-6-2-3-7-15(14)8-4-11-17-12-5-13-18-16-9-10-16/h2-3,6-7,16-18H,4-5,8-13H2,1H3. The molecule has 2 heteroatoms. The van der Waals surface area contributed by atoms with Gasteiger partial charge < -0.3 is 10.6 Å². The highest BCUT2D eigenvalue weighted by Gasteiger charge is 2.19. The summed E-state index contributed by atoms with van der Waals surface area (Å²) in [5.41, 5.74) is 2.92. The maximum absolute atomic E-state index is 3.54. The molecule has 0 heterocycles. The van der Waals surface area contributed by atoms with Gasteiger partial charge in [-0.25, -0.2) is 0 Å². The molecule has 0 aliphatic heterocycles. The van der Waals surface area contributed by atoms with Crippen LogP contribution in [0.3, 0.4) is 0 Å². The van der Waals surface area contributed by atoms with Crippen LogP contribution in [-0.4, -0.2) is 25.7 Å². The highest BCUT2D eigenvalue weighted by Crippen LogP contribution is 2.18. The van der Waals surface area contributed by atoms with E-state index in [4.69, 9.17) is 0 Å². The summed E-state index contributed by atoms with van der Waals surface area (Å²) < 4.78 is 0. The molecule has 1 aliphatic rings. The van der Waals surface area contributed by atoms with Gasteiger partial charge in [0.2, 0.25) is 0 Å². The van der Waals surface area contributed by atoms with Gasteiger partial charge in [0.15, 0.2) is 0 Å². The van der Waals surface area contributed by atoms with Crippen LogP contribution in [0.5, 0.6) is 0 Å². The normalized spacial score (nSPS) is 14.9. The van der Waals surface area contributed by atoms with E-state index in [1.165, 1.54) is 49.8 Å². The summed E-state index contributed by atoms with van der Waals surface area (Å²) in [6.45, 7) is 5.66. The van der Waals surface area contributed by atoms with E-state index >= 15 is 0 Å².